The molecule has 1 aromatic carbocycles. The van der Waals surface area contributed by atoms with Gasteiger partial charge in [-0.2, -0.15) is 0 Å². The maximum atomic E-state index is 14.5. The summed E-state index contributed by atoms with van der Waals surface area (Å²) in [5, 5.41) is 44.8. The molecule has 0 saturated carbocycles. The number of aliphatic carboxylic acids is 1. The van der Waals surface area contributed by atoms with E-state index in [4.69, 9.17) is 57.8 Å². The number of nitrogens with two attached hydrogens (primary N) is 1. The zero-order chi connectivity index (χ0) is 91.4. The Morgan fingerprint density at radius 1 is 0.610 bits per heavy atom. The molecule has 0 saturated heterocycles. The number of rotatable bonds is 69. The molecule has 0 bridgehead atoms. The molecule has 39 nitrogen and oxygen atoms in total. The van der Waals surface area contributed by atoms with Crippen molar-refractivity contribution in [3.05, 3.63) is 52.0 Å². The number of primary amides is 1. The fourth-order valence-electron chi connectivity index (χ4n) is 12.2. The number of hydrogen-bond acceptors (Lipinski definition) is 28. The Morgan fingerprint density at radius 3 is 1.64 bits per heavy atom. The summed E-state index contributed by atoms with van der Waals surface area (Å²) in [5.41, 5.74) is 4.52. The van der Waals surface area contributed by atoms with Gasteiger partial charge in [0.15, 0.2) is 6.10 Å². The number of anilines is 1. The Hall–Kier alpha value is -8.94. The van der Waals surface area contributed by atoms with E-state index in [1.54, 1.807) is 65.7 Å². The Bertz CT molecular complexity index is 3590. The lowest BCUT2D eigenvalue weighted by molar-refractivity contribution is -0.149. The van der Waals surface area contributed by atoms with Crippen molar-refractivity contribution in [1.29, 1.82) is 0 Å². The third-order valence-corrected chi connectivity index (χ3v) is 21.0. The van der Waals surface area contributed by atoms with Crippen molar-refractivity contribution in [2.45, 2.75) is 188 Å². The molecule has 0 aliphatic carbocycles. The highest BCUT2D eigenvalue weighted by atomic mass is 32.1. The van der Waals surface area contributed by atoms with Crippen molar-refractivity contribution in [2.75, 3.05) is 179 Å². The van der Waals surface area contributed by atoms with Crippen LogP contribution in [0.25, 0.3) is 0 Å². The number of aromatic hydroxyl groups is 1. The number of esters is 1. The average Bonchev–Trinajstić information content (AvgIpc) is 1.76. The van der Waals surface area contributed by atoms with Crippen LogP contribution in [0, 0.1) is 23.7 Å². The Kier molecular flexibility index (Phi) is 53.3. The van der Waals surface area contributed by atoms with Crippen molar-refractivity contribution >= 4 is 94.1 Å². The molecule has 1 aliphatic heterocycles. The summed E-state index contributed by atoms with van der Waals surface area (Å²) in [4.78, 5) is 182. The van der Waals surface area contributed by atoms with Gasteiger partial charge in [-0.05, 0) is 115 Å². The molecule has 1 aliphatic rings. The van der Waals surface area contributed by atoms with E-state index in [0.717, 1.165) is 28.4 Å². The van der Waals surface area contributed by atoms with Gasteiger partial charge in [0.25, 0.3) is 17.7 Å². The smallest absolute Gasteiger partial charge is 0.312 e. The number of ether oxygens (including phenoxy) is 11. The summed E-state index contributed by atoms with van der Waals surface area (Å²) in [7, 11) is 6.78. The number of nitrogens with one attached hydrogen (secondary N) is 8. The third-order valence-electron chi connectivity index (χ3n) is 20.1. The molecule has 696 valence electrons. The van der Waals surface area contributed by atoms with Gasteiger partial charge in [0, 0.05) is 83.2 Å². The van der Waals surface area contributed by atoms with Crippen molar-refractivity contribution in [3.63, 3.8) is 0 Å². The van der Waals surface area contributed by atoms with E-state index in [1.807, 2.05) is 27.7 Å². The van der Waals surface area contributed by atoms with Gasteiger partial charge in [0.2, 0.25) is 41.4 Å². The van der Waals surface area contributed by atoms with Gasteiger partial charge >= 0.3 is 18.0 Å². The van der Waals surface area contributed by atoms with Gasteiger partial charge in [-0.15, -0.1) is 11.3 Å². The molecular formula is C83H137N13O26S. The standard InChI is InChI=1S/C83H137N13O26S/c1-15-56(6)73(93-81(110)83(9,10)94(11)12)79(107)95(13)65(54(2)3)51-67(122-58(8)97)78-91-64(53-123-78)76(105)87-60(48-57(7)80(108)109)49-59-23-24-66(98)63(50-59)90-74(103)62(21-18-28-86-82(84)111)89-77(106)72(55(4)5)92-75(104)61(88-68(99)22-19-29-96-70(101)25-26-71(96)102)20-16-17-27-85-69(100)52-121-47-46-120-45-44-119-43-42-118-41-40-117-39-38-116-37-36-115-35-34-114-33-32-113-31-30-112-14/h23-26,50,53-57,60-62,65,67,72-73,98H,15-22,27-49,51-52H2,1-14H3,(H,85,100)(H,87,105)(H,88,99)(H,89,106)(H,90,103)(H,92,104)(H,93,110)(H,108,109)(H3,84,86,111)/t56-,57-,60+,61-,62-,65+,67+,72-,73-/m0/s1. The van der Waals surface area contributed by atoms with Crippen LogP contribution in [0.5, 0.6) is 5.75 Å². The Morgan fingerprint density at radius 2 is 1.14 bits per heavy atom. The number of thiazole rings is 1. The number of carboxylic acid groups (broad SMARTS) is 1. The van der Waals surface area contributed by atoms with Gasteiger partial charge in [0.05, 0.1) is 136 Å². The highest BCUT2D eigenvalue weighted by Gasteiger charge is 2.40. The average molecular weight is 1770 g/mol. The molecule has 0 fully saturated rings. The largest absolute Gasteiger partial charge is 0.506 e. The van der Waals surface area contributed by atoms with Crippen LogP contribution in [-0.4, -0.2) is 322 Å². The van der Waals surface area contributed by atoms with Crippen LogP contribution in [0.1, 0.15) is 161 Å². The summed E-state index contributed by atoms with van der Waals surface area (Å²) in [6.45, 7) is 24.0. The number of phenolic OH excluding ortho intramolecular Hbond substituents is 1. The van der Waals surface area contributed by atoms with E-state index in [2.05, 4.69) is 47.5 Å². The molecule has 123 heavy (non-hydrogen) atoms. The zero-order valence-electron chi connectivity index (χ0n) is 74.1. The van der Waals surface area contributed by atoms with Gasteiger partial charge in [-0.3, -0.25) is 67.3 Å². The molecule has 2 heterocycles. The van der Waals surface area contributed by atoms with Crippen molar-refractivity contribution in [1.82, 2.24) is 56.9 Å². The number of imide groups is 1. The minimum absolute atomic E-state index is 0.0108. The lowest BCUT2D eigenvalue weighted by atomic mass is 9.92. The summed E-state index contributed by atoms with van der Waals surface area (Å²) in [6.07, 6.45) is 2.01. The number of hydrogen-bond donors (Lipinski definition) is 11. The molecule has 0 unspecified atom stereocenters. The van der Waals surface area contributed by atoms with E-state index in [-0.39, 0.29) is 144 Å². The van der Waals surface area contributed by atoms with Crippen molar-refractivity contribution in [2.24, 2.45) is 29.4 Å². The van der Waals surface area contributed by atoms with Crippen LogP contribution in [-0.2, 0) is 111 Å². The van der Waals surface area contributed by atoms with Gasteiger partial charge in [-0.25, -0.2) is 9.78 Å². The van der Waals surface area contributed by atoms with Crippen LogP contribution < -0.4 is 48.3 Å². The number of likely N-dealkylation sites (N-methyl/N-ethyl adjacent to an activating group) is 2. The number of benzene rings is 1. The minimum atomic E-state index is -1.42. The fraction of sp³-hybridized carbons (Fsp3) is 0.711. The number of phenols is 1. The first-order valence-corrected chi connectivity index (χ1v) is 42.9. The van der Waals surface area contributed by atoms with E-state index in [0.29, 0.717) is 118 Å². The number of carbonyl (C=O) groups is 13. The lowest BCUT2D eigenvalue weighted by Gasteiger charge is -2.38. The van der Waals surface area contributed by atoms with Gasteiger partial charge < -0.3 is 115 Å². The fourth-order valence-corrected chi connectivity index (χ4v) is 13.0. The number of carboxylic acids is 1. The van der Waals surface area contributed by atoms with Gasteiger partial charge in [0.1, 0.15) is 47.2 Å². The summed E-state index contributed by atoms with van der Waals surface area (Å²) in [6, 6.07) is -3.15. The summed E-state index contributed by atoms with van der Waals surface area (Å²) >= 11 is 1.03. The molecule has 12 N–H and O–H groups in total. The first kappa shape index (κ1) is 108. The monoisotopic (exact) mass is 1760 g/mol. The van der Waals surface area contributed by atoms with Crippen molar-refractivity contribution < 1.29 is 125 Å². The molecule has 12 amide bonds. The van der Waals surface area contributed by atoms with Crippen LogP contribution in [0.2, 0.25) is 0 Å². The molecule has 9 atom stereocenters. The molecule has 0 spiro atoms. The highest BCUT2D eigenvalue weighted by molar-refractivity contribution is 7.09. The van der Waals surface area contributed by atoms with E-state index < -0.39 is 131 Å². The molecule has 40 heteroatoms. The highest BCUT2D eigenvalue weighted by Crippen LogP contribution is 2.32. The topological polar surface area (TPSA) is 509 Å². The number of carbonyl (C=O) groups excluding carboxylic acids is 12. The quantitative estimate of drug-likeness (QED) is 0.0196. The number of amides is 12. The predicted molar refractivity (Wildman–Crippen MR) is 454 cm³/mol. The van der Waals surface area contributed by atoms with E-state index in [9.17, 15) is 72.5 Å². The van der Waals surface area contributed by atoms with Crippen molar-refractivity contribution in [3.8, 4) is 5.75 Å². The van der Waals surface area contributed by atoms with Crippen LogP contribution in [0.4, 0.5) is 10.5 Å². The lowest BCUT2D eigenvalue weighted by Crippen LogP contribution is -2.60. The number of urea groups is 1. The Balaban J connectivity index is 1.66. The second kappa shape index (κ2) is 60.6. The maximum absolute atomic E-state index is 14.5. The van der Waals surface area contributed by atoms with Crippen LogP contribution in [0.3, 0.4) is 0 Å². The summed E-state index contributed by atoms with van der Waals surface area (Å²) < 4.78 is 60.0. The molecule has 2 aromatic rings. The second-order valence-electron chi connectivity index (χ2n) is 31.0. The molecule has 0 radical (unpaired) electrons. The maximum Gasteiger partial charge on any atom is 0.312 e. The SMILES string of the molecule is CC[C@H](C)[C@H](NC(=O)C(C)(C)N(C)C)C(=O)N(C)[C@H](C[C@@H](OC(C)=O)c1nc(C(=O)N[C@@H](Cc2ccc(O)c(NC(=O)[C@H](CCCNC(N)=O)NC(=O)[C@@H](NC(=O)[C@H](CCCCNC(=O)COCCOCCOCCOCCOCCOCCOCCOCCOCCOC)NC(=O)CCCN3C(=O)C=CC3=O)C(C)C)c2)C[C@H](C)C(=O)O)cs1)C(C)C. The number of nitrogens with zero attached hydrogens (tertiary/aromatic N) is 4. The normalized spacial score (nSPS) is 14.4. The summed E-state index contributed by atoms with van der Waals surface area (Å²) in [5.74, 6) is -10.4. The zero-order valence-corrected chi connectivity index (χ0v) is 74.9. The first-order valence-electron chi connectivity index (χ1n) is 42.0. The number of methoxy groups -OCH3 is 1. The molecule has 1 aromatic heterocycles. The van der Waals surface area contributed by atoms with E-state index >= 15 is 0 Å². The minimum Gasteiger partial charge on any atom is -0.506 e. The Labute approximate surface area is 726 Å². The molecule has 3 rings (SSSR count). The molecular weight excluding hydrogens is 1630 g/mol. The van der Waals surface area contributed by atoms with Crippen LogP contribution in [0.15, 0.2) is 35.7 Å². The third kappa shape index (κ3) is 43.5. The predicted octanol–water partition coefficient (Wildman–Crippen LogP) is 2.93. The van der Waals surface area contributed by atoms with E-state index in [1.165, 1.54) is 37.4 Å². The number of unbranched alkanes of at least 4 members (excludes halogenated alkanes) is 1. The second-order valence-corrected chi connectivity index (χ2v) is 31.9. The van der Waals surface area contributed by atoms with Gasteiger partial charge in [-0.1, -0.05) is 61.0 Å². The number of aromatic nitrogens is 1. The van der Waals surface area contributed by atoms with Crippen LogP contribution >= 0.6 is 11.3 Å². The first-order chi connectivity index (χ1) is 58.5.